The third kappa shape index (κ3) is 5.18. The Balaban J connectivity index is 2.07. The van der Waals surface area contributed by atoms with Gasteiger partial charge in [-0.15, -0.1) is 0 Å². The number of amides is 1. The molecule has 0 atom stereocenters. The lowest BCUT2D eigenvalue weighted by atomic mass is 10.2. The number of nitro benzene ring substituents is 1. The number of ether oxygens (including phenoxy) is 1. The molecule has 7 nitrogen and oxygen atoms in total. The average Bonchev–Trinajstić information content (AvgIpc) is 2.56. The van der Waals surface area contributed by atoms with Gasteiger partial charge in [-0.25, -0.2) is 0 Å². The van der Waals surface area contributed by atoms with E-state index in [4.69, 9.17) is 12.2 Å². The van der Waals surface area contributed by atoms with E-state index in [9.17, 15) is 23.7 Å². The van der Waals surface area contributed by atoms with Gasteiger partial charge in [-0.05, 0) is 30.4 Å². The van der Waals surface area contributed by atoms with Crippen LogP contribution in [0.15, 0.2) is 48.5 Å². The van der Waals surface area contributed by atoms with Crippen LogP contribution in [0.2, 0.25) is 0 Å². The predicted molar refractivity (Wildman–Crippen MR) is 89.9 cm³/mol. The summed E-state index contributed by atoms with van der Waals surface area (Å²) in [5, 5.41) is 15.4. The number of hydrogen-bond acceptors (Lipinski definition) is 5. The summed E-state index contributed by atoms with van der Waals surface area (Å²) in [4.78, 5) is 22.2. The second kappa shape index (κ2) is 8.11. The van der Waals surface area contributed by atoms with Crippen LogP contribution < -0.4 is 15.4 Å². The summed E-state index contributed by atoms with van der Waals surface area (Å²) in [7, 11) is 0. The summed E-state index contributed by atoms with van der Waals surface area (Å²) in [6.07, 6.45) is 0. The highest BCUT2D eigenvalue weighted by molar-refractivity contribution is 7.80. The number of halogens is 2. The number of thiocarbonyl (C=S) groups is 1. The van der Waals surface area contributed by atoms with Crippen molar-refractivity contribution >= 4 is 34.6 Å². The standard InChI is InChI=1S/C15H11F2N3O4S/c16-14(17)24-12-7-2-1-6-11(12)18-15(25)19-13(21)9-4-3-5-10(8-9)20(22)23/h1-8,14H,(H2,18,19,21,25). The SMILES string of the molecule is O=C(NC(=S)Nc1ccccc1OC(F)F)c1cccc([N+](=O)[O-])c1. The van der Waals surface area contributed by atoms with Crippen molar-refractivity contribution in [1.82, 2.24) is 5.32 Å². The first kappa shape index (κ1) is 18.2. The maximum atomic E-state index is 12.4. The molecule has 0 aliphatic heterocycles. The summed E-state index contributed by atoms with van der Waals surface area (Å²) in [5.74, 6) is -0.835. The van der Waals surface area contributed by atoms with Crippen LogP contribution in [0.1, 0.15) is 10.4 Å². The van der Waals surface area contributed by atoms with E-state index in [2.05, 4.69) is 15.4 Å². The van der Waals surface area contributed by atoms with Crippen molar-refractivity contribution in [2.24, 2.45) is 0 Å². The van der Waals surface area contributed by atoms with Gasteiger partial charge < -0.3 is 10.1 Å². The number of nitrogens with zero attached hydrogens (tertiary/aromatic N) is 1. The average molecular weight is 367 g/mol. The minimum absolute atomic E-state index is 0.0236. The molecule has 2 rings (SSSR count). The second-order valence-corrected chi connectivity index (χ2v) is 5.00. The molecule has 10 heteroatoms. The molecule has 0 radical (unpaired) electrons. The van der Waals surface area contributed by atoms with Crippen molar-refractivity contribution in [2.75, 3.05) is 5.32 Å². The Morgan fingerprint density at radius 2 is 1.92 bits per heavy atom. The number of carbonyl (C=O) groups is 1. The summed E-state index contributed by atoms with van der Waals surface area (Å²) < 4.78 is 29.1. The molecule has 2 aromatic rings. The molecule has 1 amide bonds. The molecule has 0 heterocycles. The van der Waals surface area contributed by atoms with Crippen LogP contribution in [0.4, 0.5) is 20.2 Å². The lowest BCUT2D eigenvalue weighted by Crippen LogP contribution is -2.34. The van der Waals surface area contributed by atoms with Gasteiger partial charge in [0.25, 0.3) is 11.6 Å². The second-order valence-electron chi connectivity index (χ2n) is 4.59. The van der Waals surface area contributed by atoms with Crippen molar-refractivity contribution in [3.8, 4) is 5.75 Å². The highest BCUT2D eigenvalue weighted by Gasteiger charge is 2.14. The highest BCUT2D eigenvalue weighted by Crippen LogP contribution is 2.25. The smallest absolute Gasteiger partial charge is 0.387 e. The van der Waals surface area contributed by atoms with Crippen molar-refractivity contribution in [2.45, 2.75) is 6.61 Å². The topological polar surface area (TPSA) is 93.5 Å². The monoisotopic (exact) mass is 367 g/mol. The number of nitro groups is 1. The van der Waals surface area contributed by atoms with Gasteiger partial charge in [0.2, 0.25) is 0 Å². The predicted octanol–water partition coefficient (Wildman–Crippen LogP) is 3.32. The fourth-order valence-electron chi connectivity index (χ4n) is 1.86. The van der Waals surface area contributed by atoms with Crippen LogP contribution in [-0.4, -0.2) is 22.6 Å². The van der Waals surface area contributed by atoms with Crippen LogP contribution in [0, 0.1) is 10.1 Å². The van der Waals surface area contributed by atoms with Crippen molar-refractivity contribution in [3.05, 3.63) is 64.2 Å². The van der Waals surface area contributed by atoms with Crippen LogP contribution in [0.5, 0.6) is 5.75 Å². The number of benzene rings is 2. The number of nitrogens with one attached hydrogen (secondary N) is 2. The zero-order chi connectivity index (χ0) is 18.4. The van der Waals surface area contributed by atoms with Crippen molar-refractivity contribution in [1.29, 1.82) is 0 Å². The molecule has 2 N–H and O–H groups in total. The molecule has 130 valence electrons. The quantitative estimate of drug-likeness (QED) is 0.478. The third-order valence-corrected chi connectivity index (χ3v) is 3.10. The summed E-state index contributed by atoms with van der Waals surface area (Å²) >= 11 is 4.95. The number of hydrogen-bond donors (Lipinski definition) is 2. The fourth-order valence-corrected chi connectivity index (χ4v) is 2.06. The van der Waals surface area contributed by atoms with Crippen molar-refractivity contribution in [3.63, 3.8) is 0 Å². The normalized spacial score (nSPS) is 10.2. The zero-order valence-corrected chi connectivity index (χ0v) is 13.3. The van der Waals surface area contributed by atoms with Gasteiger partial charge in [0.05, 0.1) is 10.6 Å². The molecule has 0 saturated carbocycles. The Morgan fingerprint density at radius 3 is 2.60 bits per heavy atom. The van der Waals surface area contributed by atoms with E-state index in [1.807, 2.05) is 0 Å². The molecule has 0 unspecified atom stereocenters. The molecule has 0 saturated heterocycles. The van der Waals surface area contributed by atoms with Gasteiger partial charge >= 0.3 is 6.61 Å². The molecule has 0 spiro atoms. The number of alkyl halides is 2. The Hall–Kier alpha value is -3.14. The molecule has 2 aromatic carbocycles. The Kier molecular flexibility index (Phi) is 5.90. The number of carbonyl (C=O) groups excluding carboxylic acids is 1. The third-order valence-electron chi connectivity index (χ3n) is 2.90. The van der Waals surface area contributed by atoms with E-state index >= 15 is 0 Å². The Morgan fingerprint density at radius 1 is 1.20 bits per heavy atom. The fraction of sp³-hybridized carbons (Fsp3) is 0.0667. The number of non-ortho nitro benzene ring substituents is 1. The zero-order valence-electron chi connectivity index (χ0n) is 12.4. The van der Waals surface area contributed by atoms with Gasteiger partial charge in [0.15, 0.2) is 5.11 Å². The summed E-state index contributed by atoms with van der Waals surface area (Å²) in [5.41, 5.74) is -0.0928. The molecule has 0 aliphatic carbocycles. The first-order chi connectivity index (χ1) is 11.9. The molecule has 0 aliphatic rings. The first-order valence-corrected chi connectivity index (χ1v) is 7.18. The molecular formula is C15H11F2N3O4S. The number of anilines is 1. The van der Waals surface area contributed by atoms with Crippen LogP contribution in [0.25, 0.3) is 0 Å². The lowest BCUT2D eigenvalue weighted by molar-refractivity contribution is -0.384. The number of para-hydroxylation sites is 2. The largest absolute Gasteiger partial charge is 0.433 e. The lowest BCUT2D eigenvalue weighted by Gasteiger charge is -2.13. The van der Waals surface area contributed by atoms with E-state index in [0.29, 0.717) is 0 Å². The van der Waals surface area contributed by atoms with Gasteiger partial charge in [-0.1, -0.05) is 18.2 Å². The molecule has 0 aromatic heterocycles. The molecule has 25 heavy (non-hydrogen) atoms. The highest BCUT2D eigenvalue weighted by atomic mass is 32.1. The van der Waals surface area contributed by atoms with Crippen molar-refractivity contribution < 1.29 is 23.2 Å². The molecule has 0 fully saturated rings. The van der Waals surface area contributed by atoms with E-state index in [0.717, 1.165) is 6.07 Å². The van der Waals surface area contributed by atoms with Gasteiger partial charge in [0, 0.05) is 17.7 Å². The van der Waals surface area contributed by atoms with Crippen LogP contribution in [0.3, 0.4) is 0 Å². The maximum absolute atomic E-state index is 12.4. The van der Waals surface area contributed by atoms with E-state index in [1.165, 1.54) is 36.4 Å². The molecule has 0 bridgehead atoms. The minimum atomic E-state index is -3.02. The van der Waals surface area contributed by atoms with E-state index < -0.39 is 17.4 Å². The number of rotatable bonds is 5. The van der Waals surface area contributed by atoms with Gasteiger partial charge in [0.1, 0.15) is 5.75 Å². The van der Waals surface area contributed by atoms with Crippen LogP contribution >= 0.6 is 12.2 Å². The maximum Gasteiger partial charge on any atom is 0.387 e. The van der Waals surface area contributed by atoms with Gasteiger partial charge in [-0.3, -0.25) is 20.2 Å². The first-order valence-electron chi connectivity index (χ1n) is 6.77. The van der Waals surface area contributed by atoms with E-state index in [1.54, 1.807) is 6.07 Å². The summed E-state index contributed by atoms with van der Waals surface area (Å²) in [6, 6.07) is 10.9. The van der Waals surface area contributed by atoms with E-state index in [-0.39, 0.29) is 27.8 Å². The van der Waals surface area contributed by atoms with Gasteiger partial charge in [-0.2, -0.15) is 8.78 Å². The Labute approximate surface area is 145 Å². The molecular weight excluding hydrogens is 356 g/mol. The summed E-state index contributed by atoms with van der Waals surface area (Å²) in [6.45, 7) is -3.02. The minimum Gasteiger partial charge on any atom is -0.433 e. The van der Waals surface area contributed by atoms with Crippen LogP contribution in [-0.2, 0) is 0 Å². The Bertz CT molecular complexity index is 817.